The highest BCUT2D eigenvalue weighted by Crippen LogP contribution is 2.25. The number of thioether (sulfide) groups is 1. The summed E-state index contributed by atoms with van der Waals surface area (Å²) in [5.41, 5.74) is 2.79. The molecule has 0 spiro atoms. The predicted molar refractivity (Wildman–Crippen MR) is 104 cm³/mol. The second-order valence-electron chi connectivity index (χ2n) is 6.09. The van der Waals surface area contributed by atoms with Crippen molar-refractivity contribution in [2.24, 2.45) is 0 Å². The molecule has 3 rings (SSSR count). The fourth-order valence-electron chi connectivity index (χ4n) is 2.67. The number of hydrogen-bond donors (Lipinski definition) is 1. The number of fused-ring (bicyclic) bond motifs is 1. The van der Waals surface area contributed by atoms with Crippen LogP contribution in [0, 0.1) is 0 Å². The number of nitrogens with one attached hydrogen (secondary N) is 1. The minimum atomic E-state index is -0.231. The second-order valence-corrected chi connectivity index (χ2v) is 7.40. The standard InChI is InChI=1S/C20H21N3O2S/c1-14(26-20-22-13-18-5-3-4-12-23(18)20)19(25)17-8-6-16(7-9-17)10-11-21-15(2)24/h3-9,12-14H,10-11H2,1-2H3,(H,21,24). The molecule has 1 atom stereocenters. The Morgan fingerprint density at radius 3 is 2.69 bits per heavy atom. The van der Waals surface area contributed by atoms with Crippen LogP contribution in [-0.2, 0) is 11.2 Å². The van der Waals surface area contributed by atoms with E-state index in [2.05, 4.69) is 10.3 Å². The van der Waals surface area contributed by atoms with Crippen LogP contribution in [0.15, 0.2) is 60.0 Å². The number of ketones is 1. The highest BCUT2D eigenvalue weighted by Gasteiger charge is 2.18. The highest BCUT2D eigenvalue weighted by molar-refractivity contribution is 8.00. The summed E-state index contributed by atoms with van der Waals surface area (Å²) >= 11 is 1.46. The molecule has 0 aliphatic heterocycles. The maximum atomic E-state index is 12.7. The summed E-state index contributed by atoms with van der Waals surface area (Å²) in [6.45, 7) is 4.01. The monoisotopic (exact) mass is 367 g/mol. The molecule has 1 N–H and O–H groups in total. The first-order valence-electron chi connectivity index (χ1n) is 8.51. The first-order chi connectivity index (χ1) is 12.5. The van der Waals surface area contributed by atoms with Crippen molar-refractivity contribution in [1.82, 2.24) is 14.7 Å². The average molecular weight is 367 g/mol. The van der Waals surface area contributed by atoms with Gasteiger partial charge in [-0.2, -0.15) is 0 Å². The molecule has 0 fully saturated rings. The van der Waals surface area contributed by atoms with E-state index in [0.29, 0.717) is 12.1 Å². The molecule has 1 unspecified atom stereocenters. The van der Waals surface area contributed by atoms with Crippen molar-refractivity contribution in [3.63, 3.8) is 0 Å². The Hall–Kier alpha value is -2.60. The molecule has 0 saturated carbocycles. The summed E-state index contributed by atoms with van der Waals surface area (Å²) in [7, 11) is 0. The number of aromatic nitrogens is 2. The zero-order valence-corrected chi connectivity index (χ0v) is 15.6. The molecule has 5 nitrogen and oxygen atoms in total. The lowest BCUT2D eigenvalue weighted by Crippen LogP contribution is -2.22. The first-order valence-corrected chi connectivity index (χ1v) is 9.39. The van der Waals surface area contributed by atoms with Crippen molar-refractivity contribution in [1.29, 1.82) is 0 Å². The molecule has 0 saturated heterocycles. The van der Waals surface area contributed by atoms with Gasteiger partial charge in [0.05, 0.1) is 17.0 Å². The number of amides is 1. The summed E-state index contributed by atoms with van der Waals surface area (Å²) in [6, 6.07) is 13.5. The quantitative estimate of drug-likeness (QED) is 0.514. The lowest BCUT2D eigenvalue weighted by atomic mass is 10.0. The van der Waals surface area contributed by atoms with Gasteiger partial charge in [0, 0.05) is 25.2 Å². The molecule has 1 aromatic carbocycles. The van der Waals surface area contributed by atoms with Gasteiger partial charge in [0.15, 0.2) is 10.9 Å². The lowest BCUT2D eigenvalue weighted by molar-refractivity contribution is -0.118. The number of rotatable bonds is 7. The molecule has 0 aliphatic carbocycles. The lowest BCUT2D eigenvalue weighted by Gasteiger charge is -2.10. The topological polar surface area (TPSA) is 63.5 Å². The summed E-state index contributed by atoms with van der Waals surface area (Å²) in [5.74, 6) is 0.0465. The number of imidazole rings is 1. The molecule has 2 aromatic heterocycles. The van der Waals surface area contributed by atoms with E-state index < -0.39 is 0 Å². The van der Waals surface area contributed by atoms with Crippen molar-refractivity contribution < 1.29 is 9.59 Å². The van der Waals surface area contributed by atoms with Gasteiger partial charge in [-0.3, -0.25) is 14.0 Å². The number of hydrogen-bond acceptors (Lipinski definition) is 4. The van der Waals surface area contributed by atoms with E-state index in [-0.39, 0.29) is 16.9 Å². The smallest absolute Gasteiger partial charge is 0.216 e. The maximum absolute atomic E-state index is 12.7. The van der Waals surface area contributed by atoms with Crippen LogP contribution in [-0.4, -0.2) is 32.9 Å². The Morgan fingerprint density at radius 1 is 1.19 bits per heavy atom. The number of carbonyl (C=O) groups excluding carboxylic acids is 2. The van der Waals surface area contributed by atoms with Crippen molar-refractivity contribution in [3.05, 3.63) is 66.0 Å². The van der Waals surface area contributed by atoms with Crippen molar-refractivity contribution >= 4 is 29.0 Å². The third-order valence-electron chi connectivity index (χ3n) is 4.08. The Morgan fingerprint density at radius 2 is 1.96 bits per heavy atom. The van der Waals surface area contributed by atoms with Gasteiger partial charge in [0.1, 0.15) is 0 Å². The summed E-state index contributed by atoms with van der Waals surface area (Å²) < 4.78 is 1.99. The molecular weight excluding hydrogens is 346 g/mol. The number of benzene rings is 1. The molecular formula is C20H21N3O2S. The molecule has 0 bridgehead atoms. The zero-order valence-electron chi connectivity index (χ0n) is 14.8. The zero-order chi connectivity index (χ0) is 18.5. The van der Waals surface area contributed by atoms with Crippen LogP contribution in [0.5, 0.6) is 0 Å². The predicted octanol–water partition coefficient (Wildman–Crippen LogP) is 3.38. The SMILES string of the molecule is CC(=O)NCCc1ccc(C(=O)C(C)Sc2ncc3ccccn23)cc1. The largest absolute Gasteiger partial charge is 0.356 e. The molecule has 134 valence electrons. The van der Waals surface area contributed by atoms with Gasteiger partial charge in [-0.1, -0.05) is 42.1 Å². The molecule has 0 aliphatic rings. The van der Waals surface area contributed by atoms with Gasteiger partial charge in [0.25, 0.3) is 0 Å². The third-order valence-corrected chi connectivity index (χ3v) is 5.16. The van der Waals surface area contributed by atoms with Gasteiger partial charge in [-0.15, -0.1) is 0 Å². The van der Waals surface area contributed by atoms with Crippen molar-refractivity contribution in [2.45, 2.75) is 30.7 Å². The van der Waals surface area contributed by atoms with E-state index in [1.165, 1.54) is 18.7 Å². The molecule has 0 radical (unpaired) electrons. The Bertz CT molecular complexity index is 918. The average Bonchev–Trinajstić information content (AvgIpc) is 3.04. The molecule has 1 amide bonds. The Kier molecular flexibility index (Phi) is 5.73. The highest BCUT2D eigenvalue weighted by atomic mass is 32.2. The van der Waals surface area contributed by atoms with Crippen molar-refractivity contribution in [3.8, 4) is 0 Å². The van der Waals surface area contributed by atoms with Crippen LogP contribution < -0.4 is 5.32 Å². The minimum absolute atomic E-state index is 0.0332. The van der Waals surface area contributed by atoms with Crippen LogP contribution in [0.3, 0.4) is 0 Å². The molecule has 2 heterocycles. The van der Waals surface area contributed by atoms with Crippen LogP contribution in [0.2, 0.25) is 0 Å². The van der Waals surface area contributed by atoms with Crippen molar-refractivity contribution in [2.75, 3.05) is 6.54 Å². The number of nitrogens with zero attached hydrogens (tertiary/aromatic N) is 2. The van der Waals surface area contributed by atoms with Gasteiger partial charge in [-0.05, 0) is 31.0 Å². The summed E-state index contributed by atoms with van der Waals surface area (Å²) in [6.07, 6.45) is 4.51. The van der Waals surface area contributed by atoms with E-state index in [1.807, 2.05) is 66.2 Å². The molecule has 6 heteroatoms. The van der Waals surface area contributed by atoms with Gasteiger partial charge in [0.2, 0.25) is 5.91 Å². The summed E-state index contributed by atoms with van der Waals surface area (Å²) in [4.78, 5) is 28.0. The van der Waals surface area contributed by atoms with Gasteiger partial charge < -0.3 is 5.32 Å². The van der Waals surface area contributed by atoms with Crippen LogP contribution >= 0.6 is 11.8 Å². The fraction of sp³-hybridized carbons (Fsp3) is 0.250. The number of carbonyl (C=O) groups is 2. The van der Waals surface area contributed by atoms with E-state index in [0.717, 1.165) is 22.7 Å². The van der Waals surface area contributed by atoms with Crippen LogP contribution in [0.1, 0.15) is 29.8 Å². The van der Waals surface area contributed by atoms with Crippen LogP contribution in [0.4, 0.5) is 0 Å². The molecule has 26 heavy (non-hydrogen) atoms. The maximum Gasteiger partial charge on any atom is 0.216 e. The number of Topliss-reactive ketones (excluding diaryl/α,β-unsaturated/α-hetero) is 1. The summed E-state index contributed by atoms with van der Waals surface area (Å²) in [5, 5.41) is 3.35. The van der Waals surface area contributed by atoms with E-state index in [1.54, 1.807) is 0 Å². The second kappa shape index (κ2) is 8.19. The van der Waals surface area contributed by atoms with Gasteiger partial charge >= 0.3 is 0 Å². The third kappa shape index (κ3) is 4.32. The van der Waals surface area contributed by atoms with E-state index in [4.69, 9.17) is 0 Å². The first kappa shape index (κ1) is 18.2. The fourth-order valence-corrected chi connectivity index (χ4v) is 3.62. The van der Waals surface area contributed by atoms with Crippen LogP contribution in [0.25, 0.3) is 5.52 Å². The van der Waals surface area contributed by atoms with Gasteiger partial charge in [-0.25, -0.2) is 4.98 Å². The number of pyridine rings is 1. The molecule has 3 aromatic rings. The minimum Gasteiger partial charge on any atom is -0.356 e. The Labute approximate surface area is 156 Å². The van der Waals surface area contributed by atoms with E-state index >= 15 is 0 Å². The normalized spacial score (nSPS) is 12.1. The Balaban J connectivity index is 1.63. The van der Waals surface area contributed by atoms with E-state index in [9.17, 15) is 9.59 Å².